The van der Waals surface area contributed by atoms with Gasteiger partial charge >= 0.3 is 11.9 Å². The summed E-state index contributed by atoms with van der Waals surface area (Å²) in [6.07, 6.45) is 3.42. The van der Waals surface area contributed by atoms with Gasteiger partial charge in [-0.2, -0.15) is 0 Å². The van der Waals surface area contributed by atoms with Crippen LogP contribution in [0.3, 0.4) is 0 Å². The van der Waals surface area contributed by atoms with E-state index in [1.54, 1.807) is 12.1 Å². The van der Waals surface area contributed by atoms with Gasteiger partial charge in [0.25, 0.3) is 0 Å². The molecular formula is C15H18O4. The third-order valence-electron chi connectivity index (χ3n) is 3.83. The number of rotatable bonds is 3. The Labute approximate surface area is 112 Å². The topological polar surface area (TPSA) is 63.6 Å². The average Bonchev–Trinajstić information content (AvgIpc) is 2.46. The van der Waals surface area contributed by atoms with Gasteiger partial charge in [-0.1, -0.05) is 18.6 Å². The molecule has 2 rings (SSSR count). The zero-order valence-electron chi connectivity index (χ0n) is 11.0. The summed E-state index contributed by atoms with van der Waals surface area (Å²) in [7, 11) is 1.36. The second-order valence-corrected chi connectivity index (χ2v) is 5.01. The summed E-state index contributed by atoms with van der Waals surface area (Å²) in [5.74, 6) is -1.00. The lowest BCUT2D eigenvalue weighted by Gasteiger charge is -2.27. The predicted molar refractivity (Wildman–Crippen MR) is 70.1 cm³/mol. The Morgan fingerprint density at radius 2 is 1.89 bits per heavy atom. The van der Waals surface area contributed by atoms with Crippen molar-refractivity contribution in [2.45, 2.75) is 31.6 Å². The highest BCUT2D eigenvalue weighted by Gasteiger charge is 2.27. The van der Waals surface area contributed by atoms with Gasteiger partial charge in [-0.05, 0) is 42.9 Å². The minimum atomic E-state index is -0.698. The maximum absolute atomic E-state index is 11.3. The Bertz CT molecular complexity index is 464. The van der Waals surface area contributed by atoms with E-state index in [2.05, 4.69) is 4.74 Å². The molecule has 1 aromatic rings. The number of carboxylic acid groups (broad SMARTS) is 1. The Morgan fingerprint density at radius 1 is 1.21 bits per heavy atom. The summed E-state index contributed by atoms with van der Waals surface area (Å²) in [4.78, 5) is 22.4. The van der Waals surface area contributed by atoms with Crippen molar-refractivity contribution in [2.75, 3.05) is 7.11 Å². The SMILES string of the molecule is COC(=O)c1ccc([C@@H]2CCC[C@H](C(=O)O)C2)cc1. The van der Waals surface area contributed by atoms with E-state index in [9.17, 15) is 9.59 Å². The number of ether oxygens (including phenoxy) is 1. The Kier molecular flexibility index (Phi) is 4.20. The van der Waals surface area contributed by atoms with Gasteiger partial charge in [-0.25, -0.2) is 4.79 Å². The van der Waals surface area contributed by atoms with E-state index >= 15 is 0 Å². The number of benzene rings is 1. The fraction of sp³-hybridized carbons (Fsp3) is 0.467. The van der Waals surface area contributed by atoms with E-state index in [0.717, 1.165) is 24.8 Å². The molecular weight excluding hydrogens is 244 g/mol. The van der Waals surface area contributed by atoms with Crippen LogP contribution in [0.5, 0.6) is 0 Å². The molecule has 0 spiro atoms. The molecule has 0 aliphatic heterocycles. The minimum Gasteiger partial charge on any atom is -0.481 e. The Morgan fingerprint density at radius 3 is 2.47 bits per heavy atom. The van der Waals surface area contributed by atoms with E-state index < -0.39 is 5.97 Å². The number of carboxylic acids is 1. The Hall–Kier alpha value is -1.84. The fourth-order valence-corrected chi connectivity index (χ4v) is 2.73. The summed E-state index contributed by atoms with van der Waals surface area (Å²) >= 11 is 0. The highest BCUT2D eigenvalue weighted by molar-refractivity contribution is 5.89. The molecule has 1 saturated carbocycles. The lowest BCUT2D eigenvalue weighted by Crippen LogP contribution is -2.21. The number of carbonyl (C=O) groups is 2. The van der Waals surface area contributed by atoms with Gasteiger partial charge in [0.15, 0.2) is 0 Å². The number of aliphatic carboxylic acids is 1. The zero-order valence-corrected chi connectivity index (χ0v) is 11.0. The van der Waals surface area contributed by atoms with Gasteiger partial charge in [0.1, 0.15) is 0 Å². The summed E-state index contributed by atoms with van der Waals surface area (Å²) in [6, 6.07) is 7.29. The van der Waals surface area contributed by atoms with E-state index in [1.807, 2.05) is 12.1 Å². The van der Waals surface area contributed by atoms with Crippen molar-refractivity contribution in [3.63, 3.8) is 0 Å². The molecule has 0 unspecified atom stereocenters. The van der Waals surface area contributed by atoms with Crippen LogP contribution in [0.25, 0.3) is 0 Å². The van der Waals surface area contributed by atoms with Crippen LogP contribution in [0.2, 0.25) is 0 Å². The van der Waals surface area contributed by atoms with Crippen LogP contribution in [0.1, 0.15) is 47.5 Å². The van der Waals surface area contributed by atoms with Crippen molar-refractivity contribution in [3.05, 3.63) is 35.4 Å². The smallest absolute Gasteiger partial charge is 0.337 e. The lowest BCUT2D eigenvalue weighted by molar-refractivity contribution is -0.142. The molecule has 0 heterocycles. The predicted octanol–water partition coefficient (Wildman–Crippen LogP) is 2.83. The van der Waals surface area contributed by atoms with Crippen LogP contribution in [0.4, 0.5) is 0 Å². The average molecular weight is 262 g/mol. The molecule has 4 heteroatoms. The van der Waals surface area contributed by atoms with Crippen LogP contribution >= 0.6 is 0 Å². The molecule has 0 radical (unpaired) electrons. The molecule has 1 aliphatic carbocycles. The van der Waals surface area contributed by atoms with Crippen LogP contribution in [0, 0.1) is 5.92 Å². The van der Waals surface area contributed by atoms with E-state index in [-0.39, 0.29) is 17.8 Å². The highest BCUT2D eigenvalue weighted by atomic mass is 16.5. The third kappa shape index (κ3) is 3.13. The molecule has 0 bridgehead atoms. The molecule has 0 aromatic heterocycles. The van der Waals surface area contributed by atoms with Crippen molar-refractivity contribution in [1.82, 2.24) is 0 Å². The normalized spacial score (nSPS) is 22.8. The summed E-state index contributed by atoms with van der Waals surface area (Å²) < 4.78 is 4.65. The number of hydrogen-bond acceptors (Lipinski definition) is 3. The Balaban J connectivity index is 2.09. The van der Waals surface area contributed by atoms with Crippen molar-refractivity contribution < 1.29 is 19.4 Å². The van der Waals surface area contributed by atoms with Crippen LogP contribution in [-0.4, -0.2) is 24.2 Å². The maximum Gasteiger partial charge on any atom is 0.337 e. The first-order valence-electron chi connectivity index (χ1n) is 6.53. The van der Waals surface area contributed by atoms with Crippen molar-refractivity contribution in [2.24, 2.45) is 5.92 Å². The molecule has 1 aliphatic rings. The lowest BCUT2D eigenvalue weighted by atomic mass is 9.78. The second kappa shape index (κ2) is 5.87. The molecule has 102 valence electrons. The molecule has 0 amide bonds. The van der Waals surface area contributed by atoms with Gasteiger partial charge in [0, 0.05) is 0 Å². The number of hydrogen-bond donors (Lipinski definition) is 1. The largest absolute Gasteiger partial charge is 0.481 e. The van der Waals surface area contributed by atoms with Gasteiger partial charge < -0.3 is 9.84 Å². The van der Waals surface area contributed by atoms with Crippen molar-refractivity contribution >= 4 is 11.9 Å². The van der Waals surface area contributed by atoms with E-state index in [1.165, 1.54) is 7.11 Å². The zero-order chi connectivity index (χ0) is 13.8. The fourth-order valence-electron chi connectivity index (χ4n) is 2.73. The van der Waals surface area contributed by atoms with Crippen molar-refractivity contribution in [1.29, 1.82) is 0 Å². The molecule has 2 atom stereocenters. The molecule has 1 fully saturated rings. The molecule has 19 heavy (non-hydrogen) atoms. The molecule has 1 N–H and O–H groups in total. The van der Waals surface area contributed by atoms with E-state index in [4.69, 9.17) is 5.11 Å². The molecule has 1 aromatic carbocycles. The first-order chi connectivity index (χ1) is 9.11. The first kappa shape index (κ1) is 13.6. The summed E-state index contributed by atoms with van der Waals surface area (Å²) in [5, 5.41) is 9.09. The van der Waals surface area contributed by atoms with Crippen LogP contribution in [0.15, 0.2) is 24.3 Å². The van der Waals surface area contributed by atoms with Crippen LogP contribution in [-0.2, 0) is 9.53 Å². The third-order valence-corrected chi connectivity index (χ3v) is 3.83. The number of esters is 1. The van der Waals surface area contributed by atoms with E-state index in [0.29, 0.717) is 12.0 Å². The second-order valence-electron chi connectivity index (χ2n) is 5.01. The van der Waals surface area contributed by atoms with Gasteiger partial charge in [0.2, 0.25) is 0 Å². The van der Waals surface area contributed by atoms with Gasteiger partial charge in [-0.15, -0.1) is 0 Å². The standard InChI is InChI=1S/C15H18O4/c1-19-15(18)11-7-5-10(6-8-11)12-3-2-4-13(9-12)14(16)17/h5-8,12-13H,2-4,9H2,1H3,(H,16,17)/t12-,13+/m1/s1. The van der Waals surface area contributed by atoms with Crippen molar-refractivity contribution in [3.8, 4) is 0 Å². The highest BCUT2D eigenvalue weighted by Crippen LogP contribution is 2.36. The number of carbonyl (C=O) groups excluding carboxylic acids is 1. The summed E-state index contributed by atoms with van der Waals surface area (Å²) in [5.41, 5.74) is 1.63. The molecule has 4 nitrogen and oxygen atoms in total. The minimum absolute atomic E-state index is 0.237. The van der Waals surface area contributed by atoms with Crippen LogP contribution < -0.4 is 0 Å². The first-order valence-corrected chi connectivity index (χ1v) is 6.53. The molecule has 0 saturated heterocycles. The maximum atomic E-state index is 11.3. The van der Waals surface area contributed by atoms with Gasteiger partial charge in [-0.3, -0.25) is 4.79 Å². The monoisotopic (exact) mass is 262 g/mol. The quantitative estimate of drug-likeness (QED) is 0.851. The summed E-state index contributed by atoms with van der Waals surface area (Å²) in [6.45, 7) is 0. The van der Waals surface area contributed by atoms with Gasteiger partial charge in [0.05, 0.1) is 18.6 Å². The number of methoxy groups -OCH3 is 1.